The summed E-state index contributed by atoms with van der Waals surface area (Å²) in [5.74, 6) is 0.535. The fraction of sp³-hybridized carbons (Fsp3) is 0.375. The molecule has 102 valence electrons. The Bertz CT molecular complexity index is 642. The van der Waals surface area contributed by atoms with E-state index >= 15 is 0 Å². The lowest BCUT2D eigenvalue weighted by molar-refractivity contribution is 0.232. The number of nitrogens with zero attached hydrogens (tertiary/aromatic N) is 2. The summed E-state index contributed by atoms with van der Waals surface area (Å²) in [5.41, 5.74) is 1.42. The van der Waals surface area contributed by atoms with Gasteiger partial charge in [-0.15, -0.1) is 0 Å². The second-order valence-electron chi connectivity index (χ2n) is 5.09. The van der Waals surface area contributed by atoms with E-state index in [1.54, 1.807) is 6.07 Å². The SMILES string of the molecule is N#Cc1cc(OCC2CCCCN2)nc2ccccc12. The van der Waals surface area contributed by atoms with E-state index in [0.717, 1.165) is 23.9 Å². The molecule has 4 nitrogen and oxygen atoms in total. The van der Waals surface area contributed by atoms with E-state index in [1.165, 1.54) is 12.8 Å². The Labute approximate surface area is 118 Å². The van der Waals surface area contributed by atoms with E-state index in [4.69, 9.17) is 4.74 Å². The van der Waals surface area contributed by atoms with Crippen LogP contribution in [0, 0.1) is 11.3 Å². The molecule has 0 amide bonds. The molecule has 1 fully saturated rings. The molecule has 2 heterocycles. The van der Waals surface area contributed by atoms with Gasteiger partial charge in [-0.05, 0) is 25.5 Å². The van der Waals surface area contributed by atoms with Gasteiger partial charge in [-0.2, -0.15) is 5.26 Å². The summed E-state index contributed by atoms with van der Waals surface area (Å²) in [7, 11) is 0. The van der Waals surface area contributed by atoms with Crippen molar-refractivity contribution in [1.29, 1.82) is 5.26 Å². The summed E-state index contributed by atoms with van der Waals surface area (Å²) >= 11 is 0. The van der Waals surface area contributed by atoms with Crippen LogP contribution in [0.2, 0.25) is 0 Å². The number of fused-ring (bicyclic) bond motifs is 1. The van der Waals surface area contributed by atoms with Gasteiger partial charge in [-0.1, -0.05) is 24.6 Å². The summed E-state index contributed by atoms with van der Waals surface area (Å²) in [6, 6.07) is 12.0. The molecule has 0 spiro atoms. The van der Waals surface area contributed by atoms with Crippen LogP contribution in [-0.4, -0.2) is 24.2 Å². The minimum absolute atomic E-state index is 0.391. The van der Waals surface area contributed by atoms with Crippen molar-refractivity contribution in [2.75, 3.05) is 13.2 Å². The summed E-state index contributed by atoms with van der Waals surface area (Å²) in [4.78, 5) is 4.47. The average Bonchev–Trinajstić information content (AvgIpc) is 2.53. The van der Waals surface area contributed by atoms with Gasteiger partial charge in [0.25, 0.3) is 0 Å². The lowest BCUT2D eigenvalue weighted by Crippen LogP contribution is -2.38. The van der Waals surface area contributed by atoms with Crippen molar-refractivity contribution in [3.63, 3.8) is 0 Å². The van der Waals surface area contributed by atoms with Crippen molar-refractivity contribution in [2.24, 2.45) is 0 Å². The number of hydrogen-bond acceptors (Lipinski definition) is 4. The maximum absolute atomic E-state index is 9.23. The molecule has 2 aromatic rings. The van der Waals surface area contributed by atoms with Crippen LogP contribution in [0.25, 0.3) is 10.9 Å². The van der Waals surface area contributed by atoms with Crippen molar-refractivity contribution in [1.82, 2.24) is 10.3 Å². The Morgan fingerprint density at radius 1 is 1.35 bits per heavy atom. The minimum atomic E-state index is 0.391. The highest BCUT2D eigenvalue weighted by Gasteiger charge is 2.14. The molecule has 1 aliphatic rings. The molecular formula is C16H17N3O. The van der Waals surface area contributed by atoms with Gasteiger partial charge < -0.3 is 10.1 Å². The molecule has 4 heteroatoms. The number of aromatic nitrogens is 1. The van der Waals surface area contributed by atoms with Gasteiger partial charge in [-0.25, -0.2) is 4.98 Å². The largest absolute Gasteiger partial charge is 0.476 e. The van der Waals surface area contributed by atoms with Crippen LogP contribution >= 0.6 is 0 Å². The number of ether oxygens (including phenoxy) is 1. The number of para-hydroxylation sites is 1. The molecule has 3 rings (SSSR count). The highest BCUT2D eigenvalue weighted by atomic mass is 16.5. The molecule has 1 aromatic heterocycles. The number of nitrogens with one attached hydrogen (secondary N) is 1. The maximum Gasteiger partial charge on any atom is 0.215 e. The first-order chi connectivity index (χ1) is 9.86. The van der Waals surface area contributed by atoms with Crippen LogP contribution in [-0.2, 0) is 0 Å². The minimum Gasteiger partial charge on any atom is -0.476 e. The maximum atomic E-state index is 9.23. The van der Waals surface area contributed by atoms with Crippen LogP contribution in [0.15, 0.2) is 30.3 Å². The van der Waals surface area contributed by atoms with E-state index in [2.05, 4.69) is 16.4 Å². The van der Waals surface area contributed by atoms with Gasteiger partial charge in [0, 0.05) is 17.5 Å². The quantitative estimate of drug-likeness (QED) is 0.928. The Morgan fingerprint density at radius 3 is 3.05 bits per heavy atom. The van der Waals surface area contributed by atoms with E-state index in [1.807, 2.05) is 24.3 Å². The van der Waals surface area contributed by atoms with Crippen molar-refractivity contribution in [3.8, 4) is 11.9 Å². The first-order valence-corrected chi connectivity index (χ1v) is 7.03. The molecule has 1 aromatic carbocycles. The molecule has 0 aliphatic carbocycles. The van der Waals surface area contributed by atoms with Crippen molar-refractivity contribution in [3.05, 3.63) is 35.9 Å². The Balaban J connectivity index is 1.79. The molecular weight excluding hydrogens is 250 g/mol. The fourth-order valence-electron chi connectivity index (χ4n) is 2.57. The van der Waals surface area contributed by atoms with Crippen molar-refractivity contribution < 1.29 is 4.74 Å². The van der Waals surface area contributed by atoms with Crippen LogP contribution in [0.5, 0.6) is 5.88 Å². The zero-order valence-corrected chi connectivity index (χ0v) is 11.3. The Kier molecular flexibility index (Phi) is 3.80. The van der Waals surface area contributed by atoms with E-state index in [9.17, 15) is 5.26 Å². The third-order valence-corrected chi connectivity index (χ3v) is 3.66. The van der Waals surface area contributed by atoms with Crippen LogP contribution < -0.4 is 10.1 Å². The standard InChI is InChI=1S/C16H17N3O/c17-10-12-9-16(19-15-7-2-1-6-14(12)15)20-11-13-5-3-4-8-18-13/h1-2,6-7,9,13,18H,3-5,8,11H2. The molecule has 20 heavy (non-hydrogen) atoms. The number of pyridine rings is 1. The molecule has 0 saturated carbocycles. The summed E-state index contributed by atoms with van der Waals surface area (Å²) in [6.07, 6.45) is 3.62. The van der Waals surface area contributed by atoms with E-state index in [-0.39, 0.29) is 0 Å². The zero-order valence-electron chi connectivity index (χ0n) is 11.3. The van der Waals surface area contributed by atoms with Gasteiger partial charge in [-0.3, -0.25) is 0 Å². The number of piperidine rings is 1. The first-order valence-electron chi connectivity index (χ1n) is 7.03. The second kappa shape index (κ2) is 5.89. The highest BCUT2D eigenvalue weighted by molar-refractivity contribution is 5.85. The fourth-order valence-corrected chi connectivity index (χ4v) is 2.57. The number of nitriles is 1. The first kappa shape index (κ1) is 12.9. The number of benzene rings is 1. The van der Waals surface area contributed by atoms with Gasteiger partial charge >= 0.3 is 0 Å². The monoisotopic (exact) mass is 267 g/mol. The lowest BCUT2D eigenvalue weighted by atomic mass is 10.1. The number of rotatable bonds is 3. The van der Waals surface area contributed by atoms with Gasteiger partial charge in [0.15, 0.2) is 0 Å². The normalized spacial score (nSPS) is 18.6. The van der Waals surface area contributed by atoms with Crippen molar-refractivity contribution in [2.45, 2.75) is 25.3 Å². The van der Waals surface area contributed by atoms with Crippen LogP contribution in [0.3, 0.4) is 0 Å². The molecule has 0 bridgehead atoms. The Morgan fingerprint density at radius 2 is 2.25 bits per heavy atom. The third kappa shape index (κ3) is 2.73. The van der Waals surface area contributed by atoms with Crippen LogP contribution in [0.1, 0.15) is 24.8 Å². The third-order valence-electron chi connectivity index (χ3n) is 3.66. The summed E-state index contributed by atoms with van der Waals surface area (Å²) in [6.45, 7) is 1.67. The summed E-state index contributed by atoms with van der Waals surface area (Å²) in [5, 5.41) is 13.5. The summed E-state index contributed by atoms with van der Waals surface area (Å²) < 4.78 is 5.77. The topological polar surface area (TPSA) is 57.9 Å². The van der Waals surface area contributed by atoms with E-state index < -0.39 is 0 Å². The highest BCUT2D eigenvalue weighted by Crippen LogP contribution is 2.21. The smallest absolute Gasteiger partial charge is 0.215 e. The Hall–Kier alpha value is -2.12. The van der Waals surface area contributed by atoms with Gasteiger partial charge in [0.1, 0.15) is 12.7 Å². The van der Waals surface area contributed by atoms with E-state index in [0.29, 0.717) is 24.1 Å². The second-order valence-corrected chi connectivity index (χ2v) is 5.09. The van der Waals surface area contributed by atoms with Crippen LogP contribution in [0.4, 0.5) is 0 Å². The van der Waals surface area contributed by atoms with Crippen molar-refractivity contribution >= 4 is 10.9 Å². The average molecular weight is 267 g/mol. The molecule has 1 atom stereocenters. The lowest BCUT2D eigenvalue weighted by Gasteiger charge is -2.23. The molecule has 1 N–H and O–H groups in total. The predicted octanol–water partition coefficient (Wildman–Crippen LogP) is 2.63. The zero-order chi connectivity index (χ0) is 13.8. The molecule has 1 saturated heterocycles. The predicted molar refractivity (Wildman–Crippen MR) is 77.6 cm³/mol. The molecule has 1 aliphatic heterocycles. The van der Waals surface area contributed by atoms with Gasteiger partial charge in [0.2, 0.25) is 5.88 Å². The molecule has 0 radical (unpaired) electrons. The van der Waals surface area contributed by atoms with Gasteiger partial charge in [0.05, 0.1) is 11.1 Å². The number of hydrogen-bond donors (Lipinski definition) is 1. The molecule has 1 unspecified atom stereocenters.